The Hall–Kier alpha value is -1.40. The van der Waals surface area contributed by atoms with Gasteiger partial charge in [0, 0.05) is 0 Å². The molecule has 19 heavy (non-hydrogen) atoms. The Bertz CT molecular complexity index is 355. The van der Waals surface area contributed by atoms with E-state index in [1.54, 1.807) is 6.54 Å². The van der Waals surface area contributed by atoms with Crippen LogP contribution in [0.2, 0.25) is 0 Å². The fourth-order valence-electron chi connectivity index (χ4n) is 2.20. The predicted octanol–water partition coefficient (Wildman–Crippen LogP) is 4.85. The van der Waals surface area contributed by atoms with Crippen LogP contribution in [-0.4, -0.2) is 6.08 Å². The summed E-state index contributed by atoms with van der Waals surface area (Å²) in [4.78, 5) is 13.2. The second kappa shape index (κ2) is 11.7. The third-order valence-corrected chi connectivity index (χ3v) is 3.29. The van der Waals surface area contributed by atoms with Gasteiger partial charge in [-0.15, -0.1) is 0 Å². The van der Waals surface area contributed by atoms with Crippen LogP contribution in [0.4, 0.5) is 0 Å². The van der Waals surface area contributed by atoms with E-state index in [1.165, 1.54) is 56.6 Å². The average Bonchev–Trinajstić information content (AvgIpc) is 2.46. The van der Waals surface area contributed by atoms with E-state index in [-0.39, 0.29) is 0 Å². The molecular weight excluding hydrogens is 234 g/mol. The van der Waals surface area contributed by atoms with Crippen molar-refractivity contribution >= 4 is 6.08 Å². The molecule has 2 heteroatoms. The number of unbranched alkanes of at least 4 members (excludes halogenated alkanes) is 7. The Morgan fingerprint density at radius 3 is 2.21 bits per heavy atom. The first-order valence-corrected chi connectivity index (χ1v) is 7.36. The third kappa shape index (κ3) is 9.21. The lowest BCUT2D eigenvalue weighted by molar-refractivity contribution is 0.562. The molecule has 0 spiro atoms. The van der Waals surface area contributed by atoms with Gasteiger partial charge in [0.05, 0.1) is 6.54 Å². The van der Waals surface area contributed by atoms with Gasteiger partial charge in [-0.25, -0.2) is 9.79 Å². The van der Waals surface area contributed by atoms with E-state index >= 15 is 0 Å². The highest BCUT2D eigenvalue weighted by molar-refractivity contribution is 5.33. The minimum absolute atomic E-state index is 0.906. The lowest BCUT2D eigenvalue weighted by atomic mass is 10.0. The molecule has 1 aromatic carbocycles. The number of carbonyl (C=O) groups excluding carboxylic acids is 1. The van der Waals surface area contributed by atoms with Gasteiger partial charge in [-0.3, -0.25) is 0 Å². The number of hydrogen-bond acceptors (Lipinski definition) is 2. The van der Waals surface area contributed by atoms with Gasteiger partial charge in [-0.1, -0.05) is 68.9 Å². The van der Waals surface area contributed by atoms with Crippen molar-refractivity contribution in [1.29, 1.82) is 0 Å². The maximum atomic E-state index is 9.82. The summed E-state index contributed by atoms with van der Waals surface area (Å²) in [6.07, 6.45) is 12.6. The van der Waals surface area contributed by atoms with E-state index in [2.05, 4.69) is 35.3 Å². The van der Waals surface area contributed by atoms with Crippen LogP contribution in [0, 0.1) is 6.54 Å². The maximum Gasteiger partial charge on any atom is 0.235 e. The highest BCUT2D eigenvalue weighted by Gasteiger charge is 1.94. The molecule has 0 saturated carbocycles. The van der Waals surface area contributed by atoms with Gasteiger partial charge in [-0.2, -0.15) is 0 Å². The number of isocyanates is 1. The first-order valence-electron chi connectivity index (χ1n) is 7.36. The van der Waals surface area contributed by atoms with Crippen molar-refractivity contribution in [3.63, 3.8) is 0 Å². The van der Waals surface area contributed by atoms with Crippen LogP contribution in [-0.2, 0) is 11.2 Å². The van der Waals surface area contributed by atoms with Crippen molar-refractivity contribution in [2.75, 3.05) is 0 Å². The van der Waals surface area contributed by atoms with Crippen molar-refractivity contribution in [2.24, 2.45) is 4.99 Å². The molecule has 0 aliphatic rings. The van der Waals surface area contributed by atoms with Gasteiger partial charge in [0.1, 0.15) is 0 Å². The van der Waals surface area contributed by atoms with Gasteiger partial charge in [0.25, 0.3) is 0 Å². The maximum absolute atomic E-state index is 9.82. The number of nitrogens with zero attached hydrogens (tertiary/aromatic N) is 1. The predicted molar refractivity (Wildman–Crippen MR) is 79.5 cm³/mol. The number of hydrogen-bond donors (Lipinski definition) is 0. The summed E-state index contributed by atoms with van der Waals surface area (Å²) in [6, 6.07) is 10.7. The van der Waals surface area contributed by atoms with Crippen LogP contribution in [0.5, 0.6) is 0 Å². The van der Waals surface area contributed by atoms with Crippen LogP contribution in [0.25, 0.3) is 0 Å². The number of aryl methyl sites for hydroxylation is 1. The molecule has 0 aromatic heterocycles. The fraction of sp³-hybridized carbons (Fsp3) is 0.529. The minimum atomic E-state index is 0.906. The van der Waals surface area contributed by atoms with Gasteiger partial charge in [-0.05, 0) is 24.8 Å². The van der Waals surface area contributed by atoms with Gasteiger partial charge >= 0.3 is 0 Å². The standard InChI is InChI=1S/C17H24NO/c19-16-18-15-11-6-4-2-1-3-5-8-12-17-13-9-7-10-14-17/h7,9-10,13-15H,1-6,8,11-12H2. The summed E-state index contributed by atoms with van der Waals surface area (Å²) >= 11 is 0. The summed E-state index contributed by atoms with van der Waals surface area (Å²) in [7, 11) is 0. The number of aliphatic imine (C=N–C) groups is 1. The second-order valence-electron chi connectivity index (χ2n) is 4.90. The van der Waals surface area contributed by atoms with Crippen LogP contribution in [0.3, 0.4) is 0 Å². The second-order valence-corrected chi connectivity index (χ2v) is 4.90. The molecule has 1 aromatic rings. The SMILES string of the molecule is O=C=N[CH]CCCCCCCCCc1ccccc1. The number of benzene rings is 1. The molecule has 0 saturated heterocycles. The normalized spacial score (nSPS) is 10.1. The highest BCUT2D eigenvalue weighted by Crippen LogP contribution is 2.11. The Morgan fingerprint density at radius 2 is 1.53 bits per heavy atom. The van der Waals surface area contributed by atoms with Crippen molar-refractivity contribution < 1.29 is 4.79 Å². The minimum Gasteiger partial charge on any atom is -0.211 e. The molecular formula is C17H24NO. The topological polar surface area (TPSA) is 29.4 Å². The van der Waals surface area contributed by atoms with Crippen LogP contribution >= 0.6 is 0 Å². The van der Waals surface area contributed by atoms with Crippen molar-refractivity contribution in [1.82, 2.24) is 0 Å². The molecule has 103 valence electrons. The van der Waals surface area contributed by atoms with Crippen molar-refractivity contribution in [2.45, 2.75) is 57.8 Å². The fourth-order valence-corrected chi connectivity index (χ4v) is 2.20. The zero-order chi connectivity index (χ0) is 13.6. The third-order valence-electron chi connectivity index (χ3n) is 3.29. The smallest absolute Gasteiger partial charge is 0.211 e. The summed E-state index contributed by atoms with van der Waals surface area (Å²) in [5.74, 6) is 0. The van der Waals surface area contributed by atoms with E-state index in [0.29, 0.717) is 0 Å². The molecule has 0 aliphatic heterocycles. The van der Waals surface area contributed by atoms with Crippen LogP contribution in [0.1, 0.15) is 56.9 Å². The molecule has 0 N–H and O–H groups in total. The van der Waals surface area contributed by atoms with Gasteiger partial charge < -0.3 is 0 Å². The highest BCUT2D eigenvalue weighted by atomic mass is 16.1. The molecule has 0 heterocycles. The van der Waals surface area contributed by atoms with E-state index in [1.807, 2.05) is 0 Å². The summed E-state index contributed by atoms with van der Waals surface area (Å²) in [6.45, 7) is 1.66. The van der Waals surface area contributed by atoms with E-state index in [4.69, 9.17) is 0 Å². The van der Waals surface area contributed by atoms with E-state index in [0.717, 1.165) is 12.8 Å². The van der Waals surface area contributed by atoms with Crippen molar-refractivity contribution in [3.05, 3.63) is 42.4 Å². The van der Waals surface area contributed by atoms with E-state index in [9.17, 15) is 4.79 Å². The molecule has 2 nitrogen and oxygen atoms in total. The molecule has 1 rings (SSSR count). The largest absolute Gasteiger partial charge is 0.235 e. The van der Waals surface area contributed by atoms with Gasteiger partial charge in [0.2, 0.25) is 6.08 Å². The lowest BCUT2D eigenvalue weighted by Gasteiger charge is -2.02. The summed E-state index contributed by atoms with van der Waals surface area (Å²) in [5, 5.41) is 0. The molecule has 0 fully saturated rings. The quantitative estimate of drug-likeness (QED) is 0.317. The van der Waals surface area contributed by atoms with Crippen molar-refractivity contribution in [3.8, 4) is 0 Å². The monoisotopic (exact) mass is 258 g/mol. The Balaban J connectivity index is 1.82. The van der Waals surface area contributed by atoms with Crippen LogP contribution < -0.4 is 0 Å². The number of rotatable bonds is 11. The molecule has 0 unspecified atom stereocenters. The Morgan fingerprint density at radius 1 is 0.895 bits per heavy atom. The molecule has 0 amide bonds. The molecule has 0 bridgehead atoms. The zero-order valence-corrected chi connectivity index (χ0v) is 11.7. The Labute approximate surface area is 117 Å². The Kier molecular flexibility index (Phi) is 9.62. The lowest BCUT2D eigenvalue weighted by Crippen LogP contribution is -1.86. The molecule has 0 atom stereocenters. The summed E-state index contributed by atoms with van der Waals surface area (Å²) in [5.41, 5.74) is 1.45. The summed E-state index contributed by atoms with van der Waals surface area (Å²) < 4.78 is 0. The average molecular weight is 258 g/mol. The first-order chi connectivity index (χ1) is 9.43. The molecule has 0 aliphatic carbocycles. The zero-order valence-electron chi connectivity index (χ0n) is 11.7. The first kappa shape index (κ1) is 15.7. The van der Waals surface area contributed by atoms with Gasteiger partial charge in [0.15, 0.2) is 0 Å². The molecule has 1 radical (unpaired) electrons. The van der Waals surface area contributed by atoms with E-state index < -0.39 is 0 Å². The van der Waals surface area contributed by atoms with Crippen LogP contribution in [0.15, 0.2) is 35.3 Å².